The molecule has 0 unspecified atom stereocenters. The molecule has 2 aromatic rings. The van der Waals surface area contributed by atoms with Gasteiger partial charge in [-0.05, 0) is 61.1 Å². The molecular formula is C15H18N2S2. The standard InChI is InChI=1S/C15H18N2S2/c1-11-5-3-7-14(12(11)2)17-15(18)16-9-8-13-6-4-10-19-13/h3-7,10H,8-9H2,1-2H3,(H2,16,17,18). The van der Waals surface area contributed by atoms with Crippen LogP contribution in [0.5, 0.6) is 0 Å². The Morgan fingerprint density at radius 3 is 2.79 bits per heavy atom. The molecule has 2 nitrogen and oxygen atoms in total. The van der Waals surface area contributed by atoms with Crippen molar-refractivity contribution in [2.75, 3.05) is 11.9 Å². The lowest BCUT2D eigenvalue weighted by Crippen LogP contribution is -2.30. The van der Waals surface area contributed by atoms with Gasteiger partial charge in [-0.25, -0.2) is 0 Å². The smallest absolute Gasteiger partial charge is 0.170 e. The Balaban J connectivity index is 1.82. The lowest BCUT2D eigenvalue weighted by atomic mass is 10.1. The molecule has 0 radical (unpaired) electrons. The molecule has 1 aromatic heterocycles. The first-order chi connectivity index (χ1) is 9.16. The second-order valence-electron chi connectivity index (χ2n) is 4.46. The van der Waals surface area contributed by atoms with Crippen molar-refractivity contribution >= 4 is 34.4 Å². The Bertz CT molecular complexity index is 547. The van der Waals surface area contributed by atoms with Gasteiger partial charge in [0.2, 0.25) is 0 Å². The summed E-state index contributed by atoms with van der Waals surface area (Å²) in [5.74, 6) is 0. The molecule has 0 atom stereocenters. The van der Waals surface area contributed by atoms with E-state index < -0.39 is 0 Å². The molecule has 2 rings (SSSR count). The van der Waals surface area contributed by atoms with Crippen LogP contribution in [0.1, 0.15) is 16.0 Å². The number of aryl methyl sites for hydroxylation is 1. The van der Waals surface area contributed by atoms with Gasteiger partial charge in [0.05, 0.1) is 0 Å². The maximum atomic E-state index is 5.31. The summed E-state index contributed by atoms with van der Waals surface area (Å²) in [5.41, 5.74) is 3.59. The molecule has 2 N–H and O–H groups in total. The zero-order valence-electron chi connectivity index (χ0n) is 11.2. The van der Waals surface area contributed by atoms with E-state index in [-0.39, 0.29) is 0 Å². The van der Waals surface area contributed by atoms with Gasteiger partial charge in [-0.3, -0.25) is 0 Å². The van der Waals surface area contributed by atoms with E-state index in [2.05, 4.69) is 54.1 Å². The van der Waals surface area contributed by atoms with Crippen molar-refractivity contribution in [2.45, 2.75) is 20.3 Å². The zero-order valence-corrected chi connectivity index (χ0v) is 12.8. The Labute approximate surface area is 123 Å². The zero-order chi connectivity index (χ0) is 13.7. The molecule has 100 valence electrons. The van der Waals surface area contributed by atoms with Crippen molar-refractivity contribution in [3.8, 4) is 0 Å². The quantitative estimate of drug-likeness (QED) is 0.835. The monoisotopic (exact) mass is 290 g/mol. The Hall–Kier alpha value is -1.39. The summed E-state index contributed by atoms with van der Waals surface area (Å²) in [6.45, 7) is 5.07. The predicted molar refractivity (Wildman–Crippen MR) is 88.2 cm³/mol. The van der Waals surface area contributed by atoms with Gasteiger partial charge in [-0.15, -0.1) is 11.3 Å². The van der Waals surface area contributed by atoms with Gasteiger partial charge >= 0.3 is 0 Å². The van der Waals surface area contributed by atoms with E-state index >= 15 is 0 Å². The lowest BCUT2D eigenvalue weighted by molar-refractivity contribution is 0.885. The van der Waals surface area contributed by atoms with Crippen molar-refractivity contribution in [2.24, 2.45) is 0 Å². The van der Waals surface area contributed by atoms with Crippen LogP contribution in [0.2, 0.25) is 0 Å². The Kier molecular flexibility index (Phi) is 4.93. The third-order valence-corrected chi connectivity index (χ3v) is 4.27. The minimum Gasteiger partial charge on any atom is -0.362 e. The molecule has 0 fully saturated rings. The van der Waals surface area contributed by atoms with E-state index in [1.54, 1.807) is 11.3 Å². The normalized spacial score (nSPS) is 10.2. The summed E-state index contributed by atoms with van der Waals surface area (Å²) in [6.07, 6.45) is 1.01. The highest BCUT2D eigenvalue weighted by molar-refractivity contribution is 7.80. The van der Waals surface area contributed by atoms with E-state index in [1.165, 1.54) is 16.0 Å². The molecule has 0 spiro atoms. The Morgan fingerprint density at radius 1 is 1.21 bits per heavy atom. The molecule has 4 heteroatoms. The van der Waals surface area contributed by atoms with Crippen molar-refractivity contribution in [1.82, 2.24) is 5.32 Å². The number of nitrogens with one attached hydrogen (secondary N) is 2. The fraction of sp³-hybridized carbons (Fsp3) is 0.267. The first kappa shape index (κ1) is 14.0. The molecule has 0 saturated carbocycles. The first-order valence-corrected chi connectivity index (χ1v) is 7.59. The van der Waals surface area contributed by atoms with Crippen LogP contribution >= 0.6 is 23.6 Å². The summed E-state index contributed by atoms with van der Waals surface area (Å²) in [6, 6.07) is 10.4. The van der Waals surface area contributed by atoms with Crippen molar-refractivity contribution < 1.29 is 0 Å². The van der Waals surface area contributed by atoms with E-state index in [4.69, 9.17) is 12.2 Å². The molecule has 1 aromatic carbocycles. The van der Waals surface area contributed by atoms with Crippen molar-refractivity contribution in [1.29, 1.82) is 0 Å². The van der Waals surface area contributed by atoms with E-state index in [0.29, 0.717) is 5.11 Å². The van der Waals surface area contributed by atoms with Crippen molar-refractivity contribution in [3.05, 3.63) is 51.7 Å². The maximum absolute atomic E-state index is 5.31. The number of hydrogen-bond donors (Lipinski definition) is 2. The Morgan fingerprint density at radius 2 is 2.05 bits per heavy atom. The lowest BCUT2D eigenvalue weighted by Gasteiger charge is -2.13. The highest BCUT2D eigenvalue weighted by Gasteiger charge is 2.02. The molecular weight excluding hydrogens is 272 g/mol. The maximum Gasteiger partial charge on any atom is 0.170 e. The van der Waals surface area contributed by atoms with Crippen LogP contribution < -0.4 is 10.6 Å². The van der Waals surface area contributed by atoms with E-state index in [9.17, 15) is 0 Å². The molecule has 0 bridgehead atoms. The molecule has 0 amide bonds. The van der Waals surface area contributed by atoms with Gasteiger partial charge in [0.1, 0.15) is 0 Å². The summed E-state index contributed by atoms with van der Waals surface area (Å²) < 4.78 is 0. The number of thiophene rings is 1. The van der Waals surface area contributed by atoms with Crippen molar-refractivity contribution in [3.63, 3.8) is 0 Å². The highest BCUT2D eigenvalue weighted by atomic mass is 32.1. The van der Waals surface area contributed by atoms with Gasteiger partial charge < -0.3 is 10.6 Å². The minimum absolute atomic E-state index is 0.685. The molecule has 0 aliphatic rings. The van der Waals surface area contributed by atoms with Gasteiger partial charge in [-0.2, -0.15) is 0 Å². The molecule has 0 saturated heterocycles. The highest BCUT2D eigenvalue weighted by Crippen LogP contribution is 2.17. The van der Waals surface area contributed by atoms with Gasteiger partial charge in [-0.1, -0.05) is 18.2 Å². The van der Waals surface area contributed by atoms with Gasteiger partial charge in [0, 0.05) is 17.1 Å². The number of rotatable bonds is 4. The third kappa shape index (κ3) is 4.04. The summed E-state index contributed by atoms with van der Waals surface area (Å²) >= 11 is 7.09. The number of hydrogen-bond acceptors (Lipinski definition) is 2. The van der Waals surface area contributed by atoms with E-state index in [0.717, 1.165) is 18.7 Å². The fourth-order valence-electron chi connectivity index (χ4n) is 1.81. The van der Waals surface area contributed by atoms with Crippen LogP contribution in [-0.4, -0.2) is 11.7 Å². The second-order valence-corrected chi connectivity index (χ2v) is 5.90. The fourth-order valence-corrected chi connectivity index (χ4v) is 2.73. The van der Waals surface area contributed by atoms with Crippen LogP contribution in [0.25, 0.3) is 0 Å². The van der Waals surface area contributed by atoms with Crippen LogP contribution in [0.3, 0.4) is 0 Å². The van der Waals surface area contributed by atoms with Gasteiger partial charge in [0.25, 0.3) is 0 Å². The summed E-state index contributed by atoms with van der Waals surface area (Å²) in [4.78, 5) is 1.38. The molecule has 1 heterocycles. The summed E-state index contributed by atoms with van der Waals surface area (Å²) in [7, 11) is 0. The van der Waals surface area contributed by atoms with Crippen LogP contribution in [0.15, 0.2) is 35.7 Å². The average molecular weight is 290 g/mol. The third-order valence-electron chi connectivity index (χ3n) is 3.09. The number of thiocarbonyl (C=S) groups is 1. The minimum atomic E-state index is 0.685. The molecule has 0 aliphatic heterocycles. The van der Waals surface area contributed by atoms with E-state index in [1.807, 2.05) is 6.07 Å². The predicted octanol–water partition coefficient (Wildman–Crippen LogP) is 3.89. The summed E-state index contributed by atoms with van der Waals surface area (Å²) in [5, 5.41) is 9.28. The molecule has 19 heavy (non-hydrogen) atoms. The largest absolute Gasteiger partial charge is 0.362 e. The SMILES string of the molecule is Cc1cccc(NC(=S)NCCc2cccs2)c1C. The number of benzene rings is 1. The van der Waals surface area contributed by atoms with Crippen LogP contribution in [0.4, 0.5) is 5.69 Å². The molecule has 0 aliphatic carbocycles. The number of anilines is 1. The van der Waals surface area contributed by atoms with Crippen LogP contribution in [0, 0.1) is 13.8 Å². The first-order valence-electron chi connectivity index (χ1n) is 6.30. The average Bonchev–Trinajstić information content (AvgIpc) is 2.88. The second kappa shape index (κ2) is 6.68. The topological polar surface area (TPSA) is 24.1 Å². The van der Waals surface area contributed by atoms with Gasteiger partial charge in [0.15, 0.2) is 5.11 Å². The van der Waals surface area contributed by atoms with Crippen LogP contribution in [-0.2, 0) is 6.42 Å².